The Kier molecular flexibility index (Phi) is 3.03. The molecule has 4 unspecified atom stereocenters. The van der Waals surface area contributed by atoms with Crippen LogP contribution in [-0.2, 0) is 19.7 Å². The maximum Gasteiger partial charge on any atom is 0.172 e. The summed E-state index contributed by atoms with van der Waals surface area (Å²) in [5.74, 6) is -0.433. The van der Waals surface area contributed by atoms with Gasteiger partial charge in [-0.3, -0.25) is 9.59 Å². The van der Waals surface area contributed by atoms with E-state index in [1.807, 2.05) is 31.2 Å². The number of hydrogen-bond acceptors (Lipinski definition) is 3. The number of ether oxygens (including phenoxy) is 1. The summed E-state index contributed by atoms with van der Waals surface area (Å²) in [5, 5.41) is 1.23. The second-order valence-corrected chi connectivity index (χ2v) is 8.66. The summed E-state index contributed by atoms with van der Waals surface area (Å²) in [6, 6.07) is 14.9. The molecule has 0 N–H and O–H groups in total. The molecule has 0 amide bonds. The molecule has 0 bridgehead atoms. The molecule has 1 aliphatic heterocycles. The van der Waals surface area contributed by atoms with Crippen LogP contribution in [0, 0.1) is 11.3 Å². The van der Waals surface area contributed by atoms with Crippen molar-refractivity contribution in [1.82, 2.24) is 0 Å². The number of ketones is 2. The summed E-state index contributed by atoms with van der Waals surface area (Å²) in [6.07, 6.45) is -0.627. The van der Waals surface area contributed by atoms with E-state index in [0.29, 0.717) is 10.0 Å². The van der Waals surface area contributed by atoms with Crippen LogP contribution in [0.25, 0.3) is 0 Å². The zero-order valence-electron chi connectivity index (χ0n) is 14.3. The molecule has 1 saturated heterocycles. The summed E-state index contributed by atoms with van der Waals surface area (Å²) >= 11 is 12.1. The van der Waals surface area contributed by atoms with Gasteiger partial charge in [-0.05, 0) is 42.3 Å². The molecule has 132 valence electrons. The molecule has 3 fully saturated rings. The fourth-order valence-corrected chi connectivity index (χ4v) is 5.45. The van der Waals surface area contributed by atoms with E-state index >= 15 is 0 Å². The number of rotatable bonds is 2. The summed E-state index contributed by atoms with van der Waals surface area (Å²) in [7, 11) is 0. The van der Waals surface area contributed by atoms with Gasteiger partial charge in [-0.25, -0.2) is 0 Å². The molecular weight excluding hydrogens is 371 g/mol. The Bertz CT molecular complexity index is 918. The SMILES string of the molecule is CC12OC1C(=O)C1(C)C(C2=O)C1(c1ccc(Cl)cc1)c1ccc(Cl)cc1. The smallest absolute Gasteiger partial charge is 0.172 e. The Morgan fingerprint density at radius 1 is 0.808 bits per heavy atom. The fraction of sp³-hybridized carbons (Fsp3) is 0.333. The van der Waals surface area contributed by atoms with E-state index in [4.69, 9.17) is 27.9 Å². The lowest BCUT2D eigenvalue weighted by atomic mass is 9.78. The molecule has 5 heteroatoms. The molecule has 26 heavy (non-hydrogen) atoms. The first-order valence-corrected chi connectivity index (χ1v) is 9.32. The van der Waals surface area contributed by atoms with Gasteiger partial charge in [0.15, 0.2) is 23.3 Å². The zero-order chi connectivity index (χ0) is 18.5. The second-order valence-electron chi connectivity index (χ2n) is 7.79. The number of benzene rings is 2. The van der Waals surface area contributed by atoms with Gasteiger partial charge in [0.2, 0.25) is 0 Å². The largest absolute Gasteiger partial charge is 0.350 e. The fourth-order valence-electron chi connectivity index (χ4n) is 5.20. The van der Waals surface area contributed by atoms with Crippen LogP contribution in [0.1, 0.15) is 25.0 Å². The first-order chi connectivity index (χ1) is 12.3. The van der Waals surface area contributed by atoms with Gasteiger partial charge in [0.1, 0.15) is 0 Å². The van der Waals surface area contributed by atoms with Crippen LogP contribution in [0.3, 0.4) is 0 Å². The average Bonchev–Trinajstić information content (AvgIpc) is 3.47. The molecule has 0 radical (unpaired) electrons. The second kappa shape index (κ2) is 4.78. The van der Waals surface area contributed by atoms with E-state index < -0.39 is 28.5 Å². The highest BCUT2D eigenvalue weighted by atomic mass is 35.5. The number of halogens is 2. The number of epoxide rings is 1. The van der Waals surface area contributed by atoms with Crippen molar-refractivity contribution in [1.29, 1.82) is 0 Å². The Morgan fingerprint density at radius 3 is 1.73 bits per heavy atom. The number of hydrogen-bond donors (Lipinski definition) is 0. The Labute approximate surface area is 161 Å². The van der Waals surface area contributed by atoms with Gasteiger partial charge >= 0.3 is 0 Å². The third-order valence-electron chi connectivity index (χ3n) is 6.65. The van der Waals surface area contributed by atoms with Crippen molar-refractivity contribution in [3.05, 3.63) is 69.7 Å². The van der Waals surface area contributed by atoms with Gasteiger partial charge in [-0.15, -0.1) is 0 Å². The predicted octanol–water partition coefficient (Wildman–Crippen LogP) is 4.22. The monoisotopic (exact) mass is 386 g/mol. The third-order valence-corrected chi connectivity index (χ3v) is 7.16. The van der Waals surface area contributed by atoms with Gasteiger partial charge in [-0.2, -0.15) is 0 Å². The van der Waals surface area contributed by atoms with Crippen molar-refractivity contribution < 1.29 is 14.3 Å². The van der Waals surface area contributed by atoms with Gasteiger partial charge in [0.05, 0.1) is 5.41 Å². The molecule has 2 aliphatic carbocycles. The molecular formula is C21H16Cl2O3. The van der Waals surface area contributed by atoms with E-state index in [1.54, 1.807) is 31.2 Å². The van der Waals surface area contributed by atoms with Crippen molar-refractivity contribution in [2.24, 2.45) is 11.3 Å². The van der Waals surface area contributed by atoms with Gasteiger partial charge in [0.25, 0.3) is 0 Å². The van der Waals surface area contributed by atoms with Crippen LogP contribution in [0.15, 0.2) is 48.5 Å². The zero-order valence-corrected chi connectivity index (χ0v) is 15.8. The molecule has 4 atom stereocenters. The van der Waals surface area contributed by atoms with E-state index in [2.05, 4.69) is 0 Å². The van der Waals surface area contributed by atoms with Crippen molar-refractivity contribution in [2.45, 2.75) is 31.0 Å². The minimum atomic E-state index is -0.970. The Hall–Kier alpha value is -1.68. The van der Waals surface area contributed by atoms with Crippen molar-refractivity contribution in [3.8, 4) is 0 Å². The van der Waals surface area contributed by atoms with Crippen molar-refractivity contribution in [3.63, 3.8) is 0 Å². The molecule has 2 saturated carbocycles. The number of carbonyl (C=O) groups excluding carboxylic acids is 2. The van der Waals surface area contributed by atoms with Crippen LogP contribution in [0.4, 0.5) is 0 Å². The molecule has 1 heterocycles. The molecule has 5 rings (SSSR count). The van der Waals surface area contributed by atoms with Crippen LogP contribution >= 0.6 is 23.2 Å². The number of fused-ring (bicyclic) bond motifs is 2. The van der Waals surface area contributed by atoms with Crippen molar-refractivity contribution in [2.75, 3.05) is 0 Å². The highest BCUT2D eigenvalue weighted by Crippen LogP contribution is 2.78. The van der Waals surface area contributed by atoms with Crippen LogP contribution in [0.2, 0.25) is 10.0 Å². The first kappa shape index (κ1) is 16.5. The summed E-state index contributed by atoms with van der Waals surface area (Å²) in [4.78, 5) is 26.5. The maximum atomic E-state index is 13.2. The number of carbonyl (C=O) groups is 2. The summed E-state index contributed by atoms with van der Waals surface area (Å²) in [5.41, 5.74) is -0.670. The highest BCUT2D eigenvalue weighted by molar-refractivity contribution is 6.31. The van der Waals surface area contributed by atoms with Crippen molar-refractivity contribution >= 4 is 34.8 Å². The maximum absolute atomic E-state index is 13.2. The lowest BCUT2D eigenvalue weighted by Gasteiger charge is -2.23. The quantitative estimate of drug-likeness (QED) is 0.725. The Morgan fingerprint density at radius 2 is 1.27 bits per heavy atom. The van der Waals surface area contributed by atoms with Gasteiger partial charge < -0.3 is 4.74 Å². The number of Topliss-reactive ketones (excluding diaryl/α,β-unsaturated/α-hetero) is 2. The normalized spacial score (nSPS) is 36.3. The van der Waals surface area contributed by atoms with Crippen LogP contribution < -0.4 is 0 Å². The highest BCUT2D eigenvalue weighted by Gasteiger charge is 2.90. The van der Waals surface area contributed by atoms with Crippen LogP contribution in [0.5, 0.6) is 0 Å². The lowest BCUT2D eigenvalue weighted by molar-refractivity contribution is -0.132. The summed E-state index contributed by atoms with van der Waals surface area (Å²) < 4.78 is 5.52. The van der Waals surface area contributed by atoms with Crippen LogP contribution in [-0.4, -0.2) is 23.3 Å². The van der Waals surface area contributed by atoms with E-state index in [0.717, 1.165) is 11.1 Å². The Balaban J connectivity index is 1.77. The molecule has 2 aromatic rings. The van der Waals surface area contributed by atoms with E-state index in [-0.39, 0.29) is 11.6 Å². The minimum Gasteiger partial charge on any atom is -0.350 e. The van der Waals surface area contributed by atoms with Gasteiger partial charge in [-0.1, -0.05) is 54.4 Å². The molecule has 3 aliphatic rings. The van der Waals surface area contributed by atoms with E-state index in [9.17, 15) is 9.59 Å². The third kappa shape index (κ3) is 1.65. The molecule has 0 aromatic heterocycles. The topological polar surface area (TPSA) is 46.7 Å². The lowest BCUT2D eigenvalue weighted by Crippen LogP contribution is -2.39. The molecule has 2 aromatic carbocycles. The predicted molar refractivity (Wildman–Crippen MR) is 98.6 cm³/mol. The minimum absolute atomic E-state index is 0.00880. The standard InChI is InChI=1S/C21H16Cl2O3/c1-19-15(16(24)20(2)18(26-20)17(19)25)21(19,11-3-7-13(22)8-4-11)12-5-9-14(23)10-6-12/h3-10,15,18H,1-2H3. The summed E-state index contributed by atoms with van der Waals surface area (Å²) in [6.45, 7) is 3.62. The average molecular weight is 387 g/mol. The first-order valence-electron chi connectivity index (χ1n) is 8.56. The van der Waals surface area contributed by atoms with E-state index in [1.165, 1.54) is 0 Å². The molecule has 3 nitrogen and oxygen atoms in total. The molecule has 0 spiro atoms. The van der Waals surface area contributed by atoms with Gasteiger partial charge in [0, 0.05) is 21.4 Å².